The summed E-state index contributed by atoms with van der Waals surface area (Å²) in [5, 5.41) is 14.4. The lowest BCUT2D eigenvalue weighted by Crippen LogP contribution is -2.42. The van der Waals surface area contributed by atoms with E-state index in [1.165, 1.54) is 16.2 Å². The number of H-pyrrole nitrogens is 1. The zero-order valence-corrected chi connectivity index (χ0v) is 23.7. The van der Waals surface area contributed by atoms with Crippen LogP contribution in [0.1, 0.15) is 45.0 Å². The van der Waals surface area contributed by atoms with Crippen LogP contribution in [0.5, 0.6) is 0 Å². The number of hydrogen-bond acceptors (Lipinski definition) is 8. The molecule has 0 saturated heterocycles. The van der Waals surface area contributed by atoms with Gasteiger partial charge in [-0.05, 0) is 27.8 Å². The molecular formula is C29H32N8O4. The highest BCUT2D eigenvalue weighted by Crippen LogP contribution is 2.30. The van der Waals surface area contributed by atoms with Gasteiger partial charge in [0.1, 0.15) is 12.4 Å². The third-order valence-corrected chi connectivity index (χ3v) is 6.84. The average Bonchev–Trinajstić information content (AvgIpc) is 3.63. The number of aromatic amines is 1. The maximum Gasteiger partial charge on any atom is 0.333 e. The highest BCUT2D eigenvalue weighted by molar-refractivity contribution is 5.80. The van der Waals surface area contributed by atoms with Gasteiger partial charge in [-0.2, -0.15) is 5.21 Å². The zero-order valence-electron chi connectivity index (χ0n) is 23.7. The maximum absolute atomic E-state index is 13.8. The van der Waals surface area contributed by atoms with E-state index in [-0.39, 0.29) is 36.1 Å². The number of esters is 1. The fraction of sp³-hybridized carbons (Fsp3) is 0.345. The highest BCUT2D eigenvalue weighted by Gasteiger charge is 2.24. The van der Waals surface area contributed by atoms with E-state index in [2.05, 4.69) is 20.6 Å². The first-order valence-corrected chi connectivity index (χ1v) is 13.4. The quantitative estimate of drug-likeness (QED) is 0.273. The number of aromatic nitrogens is 8. The number of imidazole rings is 1. The Morgan fingerprint density at radius 3 is 2.27 bits per heavy atom. The molecule has 0 fully saturated rings. The molecule has 0 bridgehead atoms. The van der Waals surface area contributed by atoms with Crippen molar-refractivity contribution in [3.8, 4) is 22.5 Å². The predicted octanol–water partition coefficient (Wildman–Crippen LogP) is 3.21. The normalized spacial score (nSPS) is 11.6. The van der Waals surface area contributed by atoms with Gasteiger partial charge < -0.3 is 9.30 Å². The number of fused-ring (bicyclic) bond motifs is 1. The van der Waals surface area contributed by atoms with Gasteiger partial charge in [0, 0.05) is 24.6 Å². The van der Waals surface area contributed by atoms with E-state index in [9.17, 15) is 14.4 Å². The molecule has 5 aromatic rings. The standard InChI is InChI=1S/C29H32N8O4/c1-17(2)14-37-28(39)24-27(36(29(37)40)16-23(38)41-5)30-26(18(3)4)35(24)15-19-10-12-20(13-11-19)21-8-6-7-9-22(21)25-31-33-34-32-25/h6-13,17-18H,14-16H2,1-5H3,(H,31,32,33,34). The molecule has 0 aliphatic rings. The summed E-state index contributed by atoms with van der Waals surface area (Å²) in [6.07, 6.45) is 0. The molecule has 0 aliphatic heterocycles. The molecule has 5 rings (SSSR count). The van der Waals surface area contributed by atoms with Crippen LogP contribution in [0.4, 0.5) is 0 Å². The molecule has 2 aromatic carbocycles. The molecule has 0 radical (unpaired) electrons. The smallest absolute Gasteiger partial charge is 0.333 e. The van der Waals surface area contributed by atoms with Crippen LogP contribution in [0, 0.1) is 5.92 Å². The molecule has 0 atom stereocenters. The Balaban J connectivity index is 1.62. The van der Waals surface area contributed by atoms with E-state index in [1.807, 2.05) is 80.8 Å². The summed E-state index contributed by atoms with van der Waals surface area (Å²) in [6.45, 7) is 8.03. The monoisotopic (exact) mass is 556 g/mol. The van der Waals surface area contributed by atoms with Crippen molar-refractivity contribution in [3.63, 3.8) is 0 Å². The van der Waals surface area contributed by atoms with Gasteiger partial charge in [0.15, 0.2) is 11.2 Å². The second-order valence-electron chi connectivity index (χ2n) is 10.6. The van der Waals surface area contributed by atoms with Crippen molar-refractivity contribution in [1.82, 2.24) is 39.3 Å². The fourth-order valence-corrected chi connectivity index (χ4v) is 4.95. The molecule has 12 heteroatoms. The summed E-state index contributed by atoms with van der Waals surface area (Å²) in [6, 6.07) is 15.8. The van der Waals surface area contributed by atoms with Crippen LogP contribution < -0.4 is 11.2 Å². The fourth-order valence-electron chi connectivity index (χ4n) is 4.95. The molecule has 41 heavy (non-hydrogen) atoms. The summed E-state index contributed by atoms with van der Waals surface area (Å²) in [5.41, 5.74) is 3.18. The van der Waals surface area contributed by atoms with E-state index in [1.54, 1.807) is 0 Å². The van der Waals surface area contributed by atoms with Crippen molar-refractivity contribution in [2.45, 2.75) is 53.2 Å². The van der Waals surface area contributed by atoms with Crippen LogP contribution in [-0.2, 0) is 29.2 Å². The van der Waals surface area contributed by atoms with Crippen LogP contribution in [0.15, 0.2) is 58.1 Å². The van der Waals surface area contributed by atoms with Gasteiger partial charge in [-0.15, -0.1) is 10.2 Å². The molecule has 3 aromatic heterocycles. The Kier molecular flexibility index (Phi) is 7.64. The maximum atomic E-state index is 13.8. The SMILES string of the molecule is COC(=O)Cn1c(=O)n(CC(C)C)c(=O)c2c1nc(C(C)C)n2Cc1ccc(-c2ccccc2-c2nn[nH]n2)cc1. The van der Waals surface area contributed by atoms with E-state index < -0.39 is 17.2 Å². The Labute approximate surface area is 235 Å². The van der Waals surface area contributed by atoms with Gasteiger partial charge in [-0.3, -0.25) is 18.7 Å². The number of nitrogens with one attached hydrogen (secondary N) is 1. The summed E-state index contributed by atoms with van der Waals surface area (Å²) in [7, 11) is 1.26. The molecule has 0 amide bonds. The Morgan fingerprint density at radius 2 is 1.66 bits per heavy atom. The van der Waals surface area contributed by atoms with Crippen LogP contribution in [-0.4, -0.2) is 52.4 Å². The van der Waals surface area contributed by atoms with Crippen LogP contribution in [0.3, 0.4) is 0 Å². The molecule has 1 N–H and O–H groups in total. The lowest BCUT2D eigenvalue weighted by atomic mass is 9.98. The predicted molar refractivity (Wildman–Crippen MR) is 153 cm³/mol. The van der Waals surface area contributed by atoms with Crippen molar-refractivity contribution in [2.24, 2.45) is 5.92 Å². The molecule has 0 spiro atoms. The third-order valence-electron chi connectivity index (χ3n) is 6.84. The number of methoxy groups -OCH3 is 1. The number of hydrogen-bond donors (Lipinski definition) is 1. The summed E-state index contributed by atoms with van der Waals surface area (Å²) in [5.74, 6) is 0.535. The lowest BCUT2D eigenvalue weighted by Gasteiger charge is -2.15. The van der Waals surface area contributed by atoms with E-state index in [4.69, 9.17) is 9.72 Å². The Hall–Kier alpha value is -4.87. The first-order valence-electron chi connectivity index (χ1n) is 13.4. The van der Waals surface area contributed by atoms with Crippen LogP contribution >= 0.6 is 0 Å². The number of ether oxygens (including phenoxy) is 1. The van der Waals surface area contributed by atoms with Gasteiger partial charge in [0.25, 0.3) is 5.56 Å². The van der Waals surface area contributed by atoms with Gasteiger partial charge >= 0.3 is 11.7 Å². The van der Waals surface area contributed by atoms with Crippen LogP contribution in [0.25, 0.3) is 33.7 Å². The number of tetrazole rings is 1. The minimum Gasteiger partial charge on any atom is -0.468 e. The number of nitrogens with zero attached hydrogens (tertiary/aromatic N) is 7. The second kappa shape index (κ2) is 11.3. The van der Waals surface area contributed by atoms with Gasteiger partial charge in [0.05, 0.1) is 7.11 Å². The van der Waals surface area contributed by atoms with Gasteiger partial charge in [-0.1, -0.05) is 76.2 Å². The molecule has 3 heterocycles. The molecule has 12 nitrogen and oxygen atoms in total. The van der Waals surface area contributed by atoms with E-state index in [0.29, 0.717) is 18.2 Å². The van der Waals surface area contributed by atoms with E-state index >= 15 is 0 Å². The zero-order chi connectivity index (χ0) is 29.3. The number of rotatable bonds is 9. The minimum absolute atomic E-state index is 0.0354. The largest absolute Gasteiger partial charge is 0.468 e. The van der Waals surface area contributed by atoms with Crippen molar-refractivity contribution in [3.05, 3.63) is 80.8 Å². The first kappa shape index (κ1) is 27.7. The number of carbonyl (C=O) groups excluding carboxylic acids is 1. The third kappa shape index (κ3) is 5.32. The number of benzene rings is 2. The Bertz CT molecular complexity index is 1810. The van der Waals surface area contributed by atoms with Crippen molar-refractivity contribution in [2.75, 3.05) is 7.11 Å². The molecule has 0 aliphatic carbocycles. The lowest BCUT2D eigenvalue weighted by molar-refractivity contribution is -0.141. The number of carbonyl (C=O) groups is 1. The highest BCUT2D eigenvalue weighted by atomic mass is 16.5. The topological polar surface area (TPSA) is 143 Å². The Morgan fingerprint density at radius 1 is 0.951 bits per heavy atom. The van der Waals surface area contributed by atoms with Crippen LogP contribution in [0.2, 0.25) is 0 Å². The summed E-state index contributed by atoms with van der Waals surface area (Å²) >= 11 is 0. The first-order chi connectivity index (χ1) is 19.7. The molecule has 0 saturated carbocycles. The molecular weight excluding hydrogens is 524 g/mol. The summed E-state index contributed by atoms with van der Waals surface area (Å²) in [4.78, 5) is 44.1. The minimum atomic E-state index is -0.597. The van der Waals surface area contributed by atoms with E-state index in [0.717, 1.165) is 22.3 Å². The average molecular weight is 557 g/mol. The van der Waals surface area contributed by atoms with Crippen molar-refractivity contribution in [1.29, 1.82) is 0 Å². The summed E-state index contributed by atoms with van der Waals surface area (Å²) < 4.78 is 9.12. The molecule has 0 unspecified atom stereocenters. The second-order valence-corrected chi connectivity index (χ2v) is 10.6. The van der Waals surface area contributed by atoms with Gasteiger partial charge in [0.2, 0.25) is 5.82 Å². The molecule has 212 valence electrons. The van der Waals surface area contributed by atoms with Crippen molar-refractivity contribution < 1.29 is 9.53 Å². The van der Waals surface area contributed by atoms with Crippen molar-refractivity contribution >= 4 is 17.1 Å². The van der Waals surface area contributed by atoms with Gasteiger partial charge in [-0.25, -0.2) is 9.78 Å².